The summed E-state index contributed by atoms with van der Waals surface area (Å²) < 4.78 is 44.4. The van der Waals surface area contributed by atoms with Crippen molar-refractivity contribution in [1.29, 1.82) is 0 Å². The lowest BCUT2D eigenvalue weighted by Gasteiger charge is -2.12. The summed E-state index contributed by atoms with van der Waals surface area (Å²) in [6, 6.07) is 1.32. The van der Waals surface area contributed by atoms with Crippen molar-refractivity contribution in [2.24, 2.45) is 0 Å². The number of rotatable bonds is 4. The average Bonchev–Trinajstić information content (AvgIpc) is 2.85. The summed E-state index contributed by atoms with van der Waals surface area (Å²) in [4.78, 5) is 3.44. The lowest BCUT2D eigenvalue weighted by atomic mass is 10.2. The van der Waals surface area contributed by atoms with Crippen molar-refractivity contribution in [2.75, 3.05) is 19.5 Å². The Hall–Kier alpha value is -2.25. The second kappa shape index (κ2) is 5.40. The standard InChI is InChI=1S/C12H13F3N4O/c1-16-9-5-18-19(7-9)6-8-3-10(20-2)11(17-4-8)12(13,14)15/h3-5,7,16H,6H2,1-2H3. The summed E-state index contributed by atoms with van der Waals surface area (Å²) in [6.07, 6.45) is -0.000165. The Kier molecular flexibility index (Phi) is 3.82. The van der Waals surface area contributed by atoms with Crippen molar-refractivity contribution in [2.45, 2.75) is 12.7 Å². The molecule has 0 spiro atoms. The summed E-state index contributed by atoms with van der Waals surface area (Å²) in [5.41, 5.74) is 0.359. The molecule has 2 aromatic rings. The first kappa shape index (κ1) is 14.2. The van der Waals surface area contributed by atoms with Gasteiger partial charge in [0.1, 0.15) is 5.75 Å². The highest BCUT2D eigenvalue weighted by molar-refractivity contribution is 5.37. The Labute approximate surface area is 113 Å². The molecule has 2 rings (SSSR count). The van der Waals surface area contributed by atoms with E-state index in [2.05, 4.69) is 15.4 Å². The van der Waals surface area contributed by atoms with Crippen LogP contribution in [0, 0.1) is 0 Å². The Bertz CT molecular complexity index is 595. The molecule has 1 N–H and O–H groups in total. The van der Waals surface area contributed by atoms with Crippen LogP contribution in [-0.2, 0) is 12.7 Å². The summed E-state index contributed by atoms with van der Waals surface area (Å²) in [6.45, 7) is 0.309. The third kappa shape index (κ3) is 3.01. The predicted octanol–water partition coefficient (Wildman–Crippen LogP) is 2.40. The molecule has 0 atom stereocenters. The number of anilines is 1. The number of aromatic nitrogens is 3. The minimum atomic E-state index is -4.53. The third-order valence-corrected chi connectivity index (χ3v) is 2.66. The van der Waals surface area contributed by atoms with Gasteiger partial charge in [-0.15, -0.1) is 0 Å². The Balaban J connectivity index is 2.25. The number of nitrogens with one attached hydrogen (secondary N) is 1. The minimum Gasteiger partial charge on any atom is -0.494 e. The largest absolute Gasteiger partial charge is 0.494 e. The van der Waals surface area contributed by atoms with Gasteiger partial charge in [-0.2, -0.15) is 18.3 Å². The minimum absolute atomic E-state index is 0.295. The SMILES string of the molecule is CNc1cnn(Cc2cnc(C(F)(F)F)c(OC)c2)c1. The molecule has 0 aromatic carbocycles. The molecule has 0 unspecified atom stereocenters. The highest BCUT2D eigenvalue weighted by atomic mass is 19.4. The maximum absolute atomic E-state index is 12.7. The molecule has 0 saturated carbocycles. The number of nitrogens with zero attached hydrogens (tertiary/aromatic N) is 3. The van der Waals surface area contributed by atoms with Crippen LogP contribution in [0.1, 0.15) is 11.3 Å². The van der Waals surface area contributed by atoms with Gasteiger partial charge in [0, 0.05) is 19.4 Å². The van der Waals surface area contributed by atoms with Crippen LogP contribution in [0.15, 0.2) is 24.7 Å². The number of ether oxygens (including phenoxy) is 1. The zero-order valence-corrected chi connectivity index (χ0v) is 10.9. The van der Waals surface area contributed by atoms with Gasteiger partial charge in [0.05, 0.1) is 25.5 Å². The molecule has 2 aromatic heterocycles. The molecule has 0 aliphatic carbocycles. The molecule has 0 saturated heterocycles. The van der Waals surface area contributed by atoms with Crippen LogP contribution < -0.4 is 10.1 Å². The summed E-state index contributed by atoms with van der Waals surface area (Å²) >= 11 is 0. The first-order chi connectivity index (χ1) is 9.44. The number of alkyl halides is 3. The molecule has 0 aliphatic rings. The molecule has 5 nitrogen and oxygen atoms in total. The Morgan fingerprint density at radius 1 is 1.35 bits per heavy atom. The smallest absolute Gasteiger partial charge is 0.437 e. The Morgan fingerprint density at radius 2 is 2.10 bits per heavy atom. The first-order valence-electron chi connectivity index (χ1n) is 5.74. The second-order valence-electron chi connectivity index (χ2n) is 4.07. The van der Waals surface area contributed by atoms with Gasteiger partial charge in [0.25, 0.3) is 0 Å². The van der Waals surface area contributed by atoms with Crippen molar-refractivity contribution in [3.05, 3.63) is 35.9 Å². The quantitative estimate of drug-likeness (QED) is 0.937. The van der Waals surface area contributed by atoms with E-state index in [1.54, 1.807) is 24.1 Å². The normalized spacial score (nSPS) is 11.4. The molecule has 2 heterocycles. The van der Waals surface area contributed by atoms with Gasteiger partial charge in [-0.25, -0.2) is 4.98 Å². The van der Waals surface area contributed by atoms with E-state index < -0.39 is 11.9 Å². The van der Waals surface area contributed by atoms with E-state index in [9.17, 15) is 13.2 Å². The fourth-order valence-electron chi connectivity index (χ4n) is 1.71. The molecule has 0 fully saturated rings. The fourth-order valence-corrected chi connectivity index (χ4v) is 1.71. The molecular formula is C12H13F3N4O. The molecule has 108 valence electrons. The molecule has 20 heavy (non-hydrogen) atoms. The van der Waals surface area contributed by atoms with E-state index in [4.69, 9.17) is 4.74 Å². The van der Waals surface area contributed by atoms with E-state index in [0.29, 0.717) is 12.1 Å². The van der Waals surface area contributed by atoms with Gasteiger partial charge in [-0.05, 0) is 11.6 Å². The molecular weight excluding hydrogens is 273 g/mol. The summed E-state index contributed by atoms with van der Waals surface area (Å²) in [5.74, 6) is -0.295. The second-order valence-corrected chi connectivity index (χ2v) is 4.07. The van der Waals surface area contributed by atoms with Crippen molar-refractivity contribution in [3.8, 4) is 5.75 Å². The van der Waals surface area contributed by atoms with Crippen molar-refractivity contribution < 1.29 is 17.9 Å². The van der Waals surface area contributed by atoms with E-state index in [0.717, 1.165) is 5.69 Å². The summed E-state index contributed by atoms with van der Waals surface area (Å²) in [5, 5.41) is 6.98. The van der Waals surface area contributed by atoms with Gasteiger partial charge in [-0.3, -0.25) is 4.68 Å². The van der Waals surface area contributed by atoms with E-state index in [1.165, 1.54) is 19.4 Å². The number of hydrogen-bond acceptors (Lipinski definition) is 4. The van der Waals surface area contributed by atoms with Crippen LogP contribution in [0.5, 0.6) is 5.75 Å². The Morgan fingerprint density at radius 3 is 2.65 bits per heavy atom. The average molecular weight is 286 g/mol. The fraction of sp³-hybridized carbons (Fsp3) is 0.333. The highest BCUT2D eigenvalue weighted by Gasteiger charge is 2.36. The van der Waals surface area contributed by atoms with E-state index in [-0.39, 0.29) is 5.75 Å². The lowest BCUT2D eigenvalue weighted by Crippen LogP contribution is -2.11. The number of hydrogen-bond donors (Lipinski definition) is 1. The van der Waals surface area contributed by atoms with Gasteiger partial charge in [0.2, 0.25) is 0 Å². The zero-order valence-electron chi connectivity index (χ0n) is 10.9. The lowest BCUT2D eigenvalue weighted by molar-refractivity contribution is -0.142. The van der Waals surface area contributed by atoms with Crippen LogP contribution >= 0.6 is 0 Å². The molecule has 0 radical (unpaired) electrons. The van der Waals surface area contributed by atoms with Crippen LogP contribution in [0.2, 0.25) is 0 Å². The third-order valence-electron chi connectivity index (χ3n) is 2.66. The van der Waals surface area contributed by atoms with E-state index in [1.807, 2.05) is 0 Å². The van der Waals surface area contributed by atoms with Gasteiger partial charge >= 0.3 is 6.18 Å². The van der Waals surface area contributed by atoms with Crippen LogP contribution in [0.25, 0.3) is 0 Å². The maximum atomic E-state index is 12.7. The predicted molar refractivity (Wildman–Crippen MR) is 66.7 cm³/mol. The van der Waals surface area contributed by atoms with Gasteiger partial charge in [0.15, 0.2) is 5.69 Å². The van der Waals surface area contributed by atoms with Crippen LogP contribution in [0.3, 0.4) is 0 Å². The first-order valence-corrected chi connectivity index (χ1v) is 5.74. The molecule has 0 bridgehead atoms. The molecule has 8 heteroatoms. The van der Waals surface area contributed by atoms with Crippen molar-refractivity contribution in [3.63, 3.8) is 0 Å². The number of halogens is 3. The maximum Gasteiger partial charge on any atom is 0.437 e. The number of methoxy groups -OCH3 is 1. The molecule has 0 amide bonds. The van der Waals surface area contributed by atoms with Gasteiger partial charge in [-0.1, -0.05) is 0 Å². The number of pyridine rings is 1. The van der Waals surface area contributed by atoms with Crippen LogP contribution in [-0.4, -0.2) is 28.9 Å². The summed E-state index contributed by atoms with van der Waals surface area (Å²) in [7, 11) is 2.94. The van der Waals surface area contributed by atoms with Gasteiger partial charge < -0.3 is 10.1 Å². The van der Waals surface area contributed by atoms with Crippen LogP contribution in [0.4, 0.5) is 18.9 Å². The van der Waals surface area contributed by atoms with Crippen molar-refractivity contribution in [1.82, 2.24) is 14.8 Å². The zero-order chi connectivity index (χ0) is 14.8. The molecule has 0 aliphatic heterocycles. The monoisotopic (exact) mass is 286 g/mol. The topological polar surface area (TPSA) is 52.0 Å². The highest BCUT2D eigenvalue weighted by Crippen LogP contribution is 2.34. The van der Waals surface area contributed by atoms with E-state index >= 15 is 0 Å². The van der Waals surface area contributed by atoms with Crippen molar-refractivity contribution >= 4 is 5.69 Å².